The predicted octanol–water partition coefficient (Wildman–Crippen LogP) is 3.44. The maximum Gasteiger partial charge on any atom is 0.416 e. The summed E-state index contributed by atoms with van der Waals surface area (Å²) in [5.74, 6) is 0. The molecule has 18 heavy (non-hydrogen) atoms. The topological polar surface area (TPSA) is 27.0 Å². The van der Waals surface area contributed by atoms with E-state index in [1.165, 1.54) is 12.1 Å². The molecule has 0 spiro atoms. The molecule has 1 aromatic rings. The molecule has 0 saturated heterocycles. The van der Waals surface area contributed by atoms with Gasteiger partial charge >= 0.3 is 6.18 Å². The van der Waals surface area contributed by atoms with Crippen molar-refractivity contribution in [2.75, 3.05) is 7.05 Å². The number of rotatable bonds is 4. The van der Waals surface area contributed by atoms with Gasteiger partial charge in [0.1, 0.15) is 0 Å². The van der Waals surface area contributed by atoms with E-state index in [1.54, 1.807) is 0 Å². The van der Waals surface area contributed by atoms with Crippen molar-refractivity contribution >= 4 is 0 Å². The van der Waals surface area contributed by atoms with E-state index in [2.05, 4.69) is 6.07 Å². The molecule has 1 aromatic carbocycles. The monoisotopic (exact) mass is 256 g/mol. The molecule has 0 saturated carbocycles. The van der Waals surface area contributed by atoms with Crippen LogP contribution in [0.15, 0.2) is 24.3 Å². The maximum atomic E-state index is 12.4. The van der Waals surface area contributed by atoms with Crippen LogP contribution in [0.5, 0.6) is 0 Å². The molecule has 0 amide bonds. The van der Waals surface area contributed by atoms with Crippen LogP contribution in [0, 0.1) is 11.3 Å². The van der Waals surface area contributed by atoms with Crippen molar-refractivity contribution in [3.8, 4) is 6.07 Å². The van der Waals surface area contributed by atoms with Crippen LogP contribution in [-0.2, 0) is 12.7 Å². The molecular formula is C13H15F3N2. The third kappa shape index (κ3) is 4.04. The van der Waals surface area contributed by atoms with Gasteiger partial charge in [0, 0.05) is 12.6 Å². The summed E-state index contributed by atoms with van der Waals surface area (Å²) in [5.41, 5.74) is 0.161. The zero-order valence-electron chi connectivity index (χ0n) is 10.3. The van der Waals surface area contributed by atoms with Gasteiger partial charge in [0.15, 0.2) is 0 Å². The van der Waals surface area contributed by atoms with Crippen LogP contribution >= 0.6 is 0 Å². The maximum absolute atomic E-state index is 12.4. The lowest BCUT2D eigenvalue weighted by Gasteiger charge is -2.22. The van der Waals surface area contributed by atoms with E-state index >= 15 is 0 Å². The van der Waals surface area contributed by atoms with Crippen LogP contribution in [0.1, 0.15) is 24.5 Å². The zero-order valence-corrected chi connectivity index (χ0v) is 10.3. The van der Waals surface area contributed by atoms with Gasteiger partial charge in [0.25, 0.3) is 0 Å². The standard InChI is InChI=1S/C13H15F3N2/c1-10(7-8-17)18(2)9-11-3-5-12(6-4-11)13(14,15)16/h3-6,10H,7,9H2,1-2H3. The third-order valence-corrected chi connectivity index (χ3v) is 2.85. The second-order valence-corrected chi connectivity index (χ2v) is 4.32. The van der Waals surface area contributed by atoms with Crippen molar-refractivity contribution in [3.05, 3.63) is 35.4 Å². The predicted molar refractivity (Wildman–Crippen MR) is 62.6 cm³/mol. The van der Waals surface area contributed by atoms with Crippen LogP contribution in [0.3, 0.4) is 0 Å². The zero-order chi connectivity index (χ0) is 13.8. The van der Waals surface area contributed by atoms with E-state index in [0.717, 1.165) is 17.7 Å². The number of nitriles is 1. The summed E-state index contributed by atoms with van der Waals surface area (Å²) < 4.78 is 37.1. The smallest absolute Gasteiger partial charge is 0.298 e. The molecule has 1 rings (SSSR count). The molecular weight excluding hydrogens is 241 g/mol. The van der Waals surface area contributed by atoms with Gasteiger partial charge in [-0.05, 0) is 31.7 Å². The third-order valence-electron chi connectivity index (χ3n) is 2.85. The van der Waals surface area contributed by atoms with E-state index in [1.807, 2.05) is 18.9 Å². The van der Waals surface area contributed by atoms with Gasteiger partial charge in [0.2, 0.25) is 0 Å². The highest BCUT2D eigenvalue weighted by molar-refractivity contribution is 5.24. The molecule has 0 aliphatic heterocycles. The molecule has 0 N–H and O–H groups in total. The first kappa shape index (κ1) is 14.5. The van der Waals surface area contributed by atoms with Crippen molar-refractivity contribution in [2.24, 2.45) is 0 Å². The molecule has 1 atom stereocenters. The van der Waals surface area contributed by atoms with Gasteiger partial charge in [-0.15, -0.1) is 0 Å². The summed E-state index contributed by atoms with van der Waals surface area (Å²) in [6.07, 6.45) is -3.89. The highest BCUT2D eigenvalue weighted by Gasteiger charge is 2.29. The lowest BCUT2D eigenvalue weighted by atomic mass is 10.1. The summed E-state index contributed by atoms with van der Waals surface area (Å²) in [6.45, 7) is 2.44. The average molecular weight is 256 g/mol. The molecule has 0 heterocycles. The Bertz CT molecular complexity index is 417. The first-order valence-electron chi connectivity index (χ1n) is 5.58. The van der Waals surface area contributed by atoms with Gasteiger partial charge in [0.05, 0.1) is 18.1 Å². The molecule has 5 heteroatoms. The van der Waals surface area contributed by atoms with Crippen LogP contribution in [0.25, 0.3) is 0 Å². The quantitative estimate of drug-likeness (QED) is 0.825. The van der Waals surface area contributed by atoms with Crippen molar-refractivity contribution in [2.45, 2.75) is 32.1 Å². The molecule has 1 unspecified atom stereocenters. The Morgan fingerprint density at radius 1 is 1.28 bits per heavy atom. The summed E-state index contributed by atoms with van der Waals surface area (Å²) in [4.78, 5) is 1.94. The molecule has 0 aliphatic rings. The first-order valence-corrected chi connectivity index (χ1v) is 5.58. The fourth-order valence-corrected chi connectivity index (χ4v) is 1.53. The largest absolute Gasteiger partial charge is 0.416 e. The first-order chi connectivity index (χ1) is 8.34. The SMILES string of the molecule is CC(CC#N)N(C)Cc1ccc(C(F)(F)F)cc1. The van der Waals surface area contributed by atoms with E-state index in [9.17, 15) is 13.2 Å². The molecule has 0 bridgehead atoms. The van der Waals surface area contributed by atoms with E-state index in [-0.39, 0.29) is 6.04 Å². The lowest BCUT2D eigenvalue weighted by Crippen LogP contribution is -2.28. The van der Waals surface area contributed by atoms with Crippen molar-refractivity contribution < 1.29 is 13.2 Å². The number of hydrogen-bond acceptors (Lipinski definition) is 2. The van der Waals surface area contributed by atoms with Crippen molar-refractivity contribution in [1.29, 1.82) is 5.26 Å². The lowest BCUT2D eigenvalue weighted by molar-refractivity contribution is -0.137. The number of benzene rings is 1. The highest BCUT2D eigenvalue weighted by atomic mass is 19.4. The van der Waals surface area contributed by atoms with Crippen LogP contribution in [-0.4, -0.2) is 18.0 Å². The normalized spacial score (nSPS) is 13.4. The minimum atomic E-state index is -4.29. The molecule has 98 valence electrons. The average Bonchev–Trinajstić information content (AvgIpc) is 2.28. The Hall–Kier alpha value is -1.54. The molecule has 0 radical (unpaired) electrons. The second kappa shape index (κ2) is 5.87. The number of alkyl halides is 3. The summed E-state index contributed by atoms with van der Waals surface area (Å²) in [6, 6.07) is 7.26. The van der Waals surface area contributed by atoms with Gasteiger partial charge < -0.3 is 0 Å². The summed E-state index contributed by atoms with van der Waals surface area (Å²) in [7, 11) is 1.85. The molecule has 0 aromatic heterocycles. The van der Waals surface area contributed by atoms with Gasteiger partial charge in [-0.2, -0.15) is 18.4 Å². The number of nitrogens with zero attached hydrogens (tertiary/aromatic N) is 2. The Labute approximate surface area is 105 Å². The summed E-state index contributed by atoms with van der Waals surface area (Å²) >= 11 is 0. The van der Waals surface area contributed by atoms with Gasteiger partial charge in [-0.3, -0.25) is 4.90 Å². The van der Waals surface area contributed by atoms with Crippen LogP contribution in [0.2, 0.25) is 0 Å². The van der Waals surface area contributed by atoms with Gasteiger partial charge in [-0.1, -0.05) is 12.1 Å². The fraction of sp³-hybridized carbons (Fsp3) is 0.462. The second-order valence-electron chi connectivity index (χ2n) is 4.32. The Morgan fingerprint density at radius 2 is 1.83 bits per heavy atom. The van der Waals surface area contributed by atoms with Crippen molar-refractivity contribution in [1.82, 2.24) is 4.90 Å². The van der Waals surface area contributed by atoms with E-state index in [0.29, 0.717) is 13.0 Å². The summed E-state index contributed by atoms with van der Waals surface area (Å²) in [5, 5.41) is 8.58. The minimum absolute atomic E-state index is 0.0808. The van der Waals surface area contributed by atoms with Crippen LogP contribution in [0.4, 0.5) is 13.2 Å². The number of halogens is 3. The van der Waals surface area contributed by atoms with E-state index in [4.69, 9.17) is 5.26 Å². The fourth-order valence-electron chi connectivity index (χ4n) is 1.53. The Balaban J connectivity index is 2.67. The van der Waals surface area contributed by atoms with Crippen LogP contribution < -0.4 is 0 Å². The Kier molecular flexibility index (Phi) is 4.74. The number of hydrogen-bond donors (Lipinski definition) is 0. The highest BCUT2D eigenvalue weighted by Crippen LogP contribution is 2.29. The van der Waals surface area contributed by atoms with E-state index < -0.39 is 11.7 Å². The minimum Gasteiger partial charge on any atom is -0.298 e. The molecule has 0 aliphatic carbocycles. The molecule has 0 fully saturated rings. The van der Waals surface area contributed by atoms with Gasteiger partial charge in [-0.25, -0.2) is 0 Å². The van der Waals surface area contributed by atoms with Crippen molar-refractivity contribution in [3.63, 3.8) is 0 Å². The Morgan fingerprint density at radius 3 is 2.28 bits per heavy atom. The molecule has 2 nitrogen and oxygen atoms in total.